The molecule has 1 heterocycles. The van der Waals surface area contributed by atoms with Crippen LogP contribution in [0.15, 0.2) is 22.7 Å². The van der Waals surface area contributed by atoms with E-state index in [0.717, 1.165) is 31.5 Å². The Labute approximate surface area is 152 Å². The van der Waals surface area contributed by atoms with Crippen molar-refractivity contribution < 1.29 is 0 Å². The van der Waals surface area contributed by atoms with Gasteiger partial charge >= 0.3 is 0 Å². The van der Waals surface area contributed by atoms with Crippen LogP contribution in [-0.2, 0) is 6.42 Å². The normalized spacial score (nSPS) is 11.0. The average molecular weight is 481 g/mol. The lowest BCUT2D eigenvalue weighted by atomic mass is 10.1. The van der Waals surface area contributed by atoms with E-state index in [9.17, 15) is 0 Å². The van der Waals surface area contributed by atoms with Crippen LogP contribution >= 0.6 is 50.1 Å². The van der Waals surface area contributed by atoms with Gasteiger partial charge in [0.1, 0.15) is 5.82 Å². The molecule has 0 fully saturated rings. The first kappa shape index (κ1) is 17.0. The zero-order valence-corrected chi connectivity index (χ0v) is 16.5. The molecular formula is C15H16BrClIN3. The average Bonchev–Trinajstić information content (AvgIpc) is 2.43. The molecule has 0 unspecified atom stereocenters. The third kappa shape index (κ3) is 4.07. The topological polar surface area (TPSA) is 37.8 Å². The van der Waals surface area contributed by atoms with Crippen molar-refractivity contribution in [1.29, 1.82) is 0 Å². The Morgan fingerprint density at radius 3 is 2.67 bits per heavy atom. The number of rotatable bonds is 4. The van der Waals surface area contributed by atoms with Crippen molar-refractivity contribution in [1.82, 2.24) is 9.97 Å². The van der Waals surface area contributed by atoms with Crippen molar-refractivity contribution in [3.8, 4) is 11.4 Å². The first-order valence-electron chi connectivity index (χ1n) is 6.62. The number of halogens is 3. The molecule has 1 aromatic carbocycles. The van der Waals surface area contributed by atoms with Crippen LogP contribution in [0.25, 0.3) is 11.4 Å². The third-order valence-electron chi connectivity index (χ3n) is 2.93. The standard InChI is InChI=1S/C15H16BrClIN3/c1-8(2)6-12-13(18)15(19-3)21-14(20-12)10-7-9(16)4-5-11(10)17/h4-5,7-8H,6H2,1-3H3,(H,19,20,21). The van der Waals surface area contributed by atoms with Crippen molar-refractivity contribution in [2.45, 2.75) is 20.3 Å². The lowest BCUT2D eigenvalue weighted by Crippen LogP contribution is -2.08. The van der Waals surface area contributed by atoms with Crippen LogP contribution in [0, 0.1) is 9.49 Å². The SMILES string of the molecule is CNc1nc(-c2cc(Br)ccc2Cl)nc(CC(C)C)c1I. The molecule has 0 saturated carbocycles. The smallest absolute Gasteiger partial charge is 0.163 e. The van der Waals surface area contributed by atoms with Crippen LogP contribution in [0.2, 0.25) is 5.02 Å². The third-order valence-corrected chi connectivity index (χ3v) is 4.88. The first-order valence-corrected chi connectivity index (χ1v) is 8.87. The summed E-state index contributed by atoms with van der Waals surface area (Å²) in [6, 6.07) is 5.71. The van der Waals surface area contributed by atoms with Crippen LogP contribution in [-0.4, -0.2) is 17.0 Å². The van der Waals surface area contributed by atoms with Gasteiger partial charge in [-0.15, -0.1) is 0 Å². The van der Waals surface area contributed by atoms with Crippen molar-refractivity contribution in [3.05, 3.63) is 37.0 Å². The van der Waals surface area contributed by atoms with Crippen molar-refractivity contribution in [3.63, 3.8) is 0 Å². The highest BCUT2D eigenvalue weighted by Crippen LogP contribution is 2.31. The molecule has 0 aliphatic heterocycles. The minimum atomic E-state index is 0.531. The molecule has 0 spiro atoms. The molecule has 1 aromatic heterocycles. The Morgan fingerprint density at radius 2 is 2.05 bits per heavy atom. The van der Waals surface area contributed by atoms with Crippen molar-refractivity contribution >= 4 is 55.9 Å². The molecule has 0 radical (unpaired) electrons. The van der Waals surface area contributed by atoms with Gasteiger partial charge in [-0.1, -0.05) is 41.4 Å². The van der Waals surface area contributed by atoms with Gasteiger partial charge in [-0.3, -0.25) is 0 Å². The van der Waals surface area contributed by atoms with E-state index in [-0.39, 0.29) is 0 Å². The van der Waals surface area contributed by atoms with Crippen LogP contribution in [0.1, 0.15) is 19.5 Å². The molecule has 21 heavy (non-hydrogen) atoms. The molecule has 0 amide bonds. The van der Waals surface area contributed by atoms with E-state index in [0.29, 0.717) is 16.8 Å². The maximum Gasteiger partial charge on any atom is 0.163 e. The second-order valence-electron chi connectivity index (χ2n) is 5.13. The number of hydrogen-bond acceptors (Lipinski definition) is 3. The molecule has 2 aromatic rings. The molecular weight excluding hydrogens is 464 g/mol. The second kappa shape index (κ2) is 7.24. The lowest BCUT2D eigenvalue weighted by molar-refractivity contribution is 0.632. The Kier molecular flexibility index (Phi) is 5.85. The Balaban J connectivity index is 2.60. The summed E-state index contributed by atoms with van der Waals surface area (Å²) in [5.41, 5.74) is 1.89. The maximum atomic E-state index is 6.30. The fourth-order valence-corrected chi connectivity index (χ4v) is 3.26. The van der Waals surface area contributed by atoms with Crippen LogP contribution < -0.4 is 5.32 Å². The molecule has 0 saturated heterocycles. The molecule has 3 nitrogen and oxygen atoms in total. The molecule has 0 atom stereocenters. The molecule has 6 heteroatoms. The molecule has 0 aliphatic rings. The van der Waals surface area contributed by atoms with E-state index in [4.69, 9.17) is 16.6 Å². The highest BCUT2D eigenvalue weighted by Gasteiger charge is 2.15. The first-order chi connectivity index (χ1) is 9.92. The van der Waals surface area contributed by atoms with E-state index in [1.807, 2.05) is 25.2 Å². The van der Waals surface area contributed by atoms with Crippen LogP contribution in [0.3, 0.4) is 0 Å². The van der Waals surface area contributed by atoms with Gasteiger partial charge in [-0.25, -0.2) is 9.97 Å². The summed E-state index contributed by atoms with van der Waals surface area (Å²) in [7, 11) is 1.87. The van der Waals surface area contributed by atoms with Crippen LogP contribution in [0.4, 0.5) is 5.82 Å². The summed E-state index contributed by atoms with van der Waals surface area (Å²) in [4.78, 5) is 9.33. The molecule has 112 valence electrons. The number of aromatic nitrogens is 2. The summed E-state index contributed by atoms with van der Waals surface area (Å²) in [6.07, 6.45) is 0.911. The number of nitrogens with zero attached hydrogens (tertiary/aromatic N) is 2. The largest absolute Gasteiger partial charge is 0.372 e. The highest BCUT2D eigenvalue weighted by molar-refractivity contribution is 14.1. The number of benzene rings is 1. The molecule has 2 rings (SSSR count). The van der Waals surface area contributed by atoms with Gasteiger partial charge in [0.15, 0.2) is 5.82 Å². The fraction of sp³-hybridized carbons (Fsp3) is 0.333. The van der Waals surface area contributed by atoms with Gasteiger partial charge in [0.2, 0.25) is 0 Å². The fourth-order valence-electron chi connectivity index (χ4n) is 1.97. The van der Waals surface area contributed by atoms with E-state index in [1.54, 1.807) is 0 Å². The van der Waals surface area contributed by atoms with E-state index in [2.05, 4.69) is 62.7 Å². The monoisotopic (exact) mass is 479 g/mol. The lowest BCUT2D eigenvalue weighted by Gasteiger charge is -2.13. The molecule has 0 aliphatic carbocycles. The van der Waals surface area contributed by atoms with E-state index in [1.165, 1.54) is 0 Å². The van der Waals surface area contributed by atoms with E-state index < -0.39 is 0 Å². The summed E-state index contributed by atoms with van der Waals surface area (Å²) in [6.45, 7) is 4.37. The van der Waals surface area contributed by atoms with Gasteiger partial charge < -0.3 is 5.32 Å². The zero-order valence-electron chi connectivity index (χ0n) is 12.0. The van der Waals surface area contributed by atoms with Gasteiger partial charge in [0.25, 0.3) is 0 Å². The number of nitrogens with one attached hydrogen (secondary N) is 1. The van der Waals surface area contributed by atoms with Gasteiger partial charge in [0.05, 0.1) is 14.3 Å². The van der Waals surface area contributed by atoms with Gasteiger partial charge in [0, 0.05) is 17.1 Å². The zero-order chi connectivity index (χ0) is 15.6. The molecule has 1 N–H and O–H groups in total. The summed E-state index contributed by atoms with van der Waals surface area (Å²) >= 11 is 12.1. The predicted octanol–water partition coefficient (Wildman–Crippen LogP) is 5.40. The molecule has 0 bridgehead atoms. The predicted molar refractivity (Wildman–Crippen MR) is 101 cm³/mol. The summed E-state index contributed by atoms with van der Waals surface area (Å²) < 4.78 is 2.03. The minimum absolute atomic E-state index is 0.531. The van der Waals surface area contributed by atoms with Gasteiger partial charge in [-0.2, -0.15) is 0 Å². The van der Waals surface area contributed by atoms with Crippen LogP contribution in [0.5, 0.6) is 0 Å². The number of anilines is 1. The van der Waals surface area contributed by atoms with Crippen molar-refractivity contribution in [2.75, 3.05) is 12.4 Å². The highest BCUT2D eigenvalue weighted by atomic mass is 127. The Morgan fingerprint density at radius 1 is 1.33 bits per heavy atom. The van der Waals surface area contributed by atoms with E-state index >= 15 is 0 Å². The minimum Gasteiger partial charge on any atom is -0.372 e. The van der Waals surface area contributed by atoms with Crippen molar-refractivity contribution in [2.24, 2.45) is 5.92 Å². The maximum absolute atomic E-state index is 6.30. The Bertz CT molecular complexity index is 662. The Hall–Kier alpha value is -0.400. The van der Waals surface area contributed by atoms with Gasteiger partial charge in [-0.05, 0) is 53.1 Å². The number of hydrogen-bond donors (Lipinski definition) is 1. The summed E-state index contributed by atoms with van der Waals surface area (Å²) in [5.74, 6) is 2.03. The summed E-state index contributed by atoms with van der Waals surface area (Å²) in [5, 5.41) is 3.79. The quantitative estimate of drug-likeness (QED) is 0.595. The second-order valence-corrected chi connectivity index (χ2v) is 7.53.